The van der Waals surface area contributed by atoms with E-state index in [2.05, 4.69) is 24.4 Å². The first-order valence-corrected chi connectivity index (χ1v) is 8.56. The number of hydrogen-bond acceptors (Lipinski definition) is 3. The highest BCUT2D eigenvalue weighted by atomic mass is 32.2. The number of rotatable bonds is 4. The first-order valence-electron chi connectivity index (χ1n) is 6.71. The summed E-state index contributed by atoms with van der Waals surface area (Å²) in [5, 5.41) is 3.43. The third-order valence-corrected chi connectivity index (χ3v) is 4.95. The zero-order valence-electron chi connectivity index (χ0n) is 11.6. The van der Waals surface area contributed by atoms with E-state index in [0.717, 1.165) is 25.1 Å². The lowest BCUT2D eigenvalue weighted by molar-refractivity contribution is 0.277. The second-order valence-electron chi connectivity index (χ2n) is 5.33. The predicted octanol–water partition coefficient (Wildman–Crippen LogP) is 2.08. The van der Waals surface area contributed by atoms with Gasteiger partial charge < -0.3 is 5.32 Å². The molecule has 0 amide bonds. The van der Waals surface area contributed by atoms with Crippen LogP contribution in [0.1, 0.15) is 18.4 Å². The monoisotopic (exact) mass is 282 g/mol. The highest BCUT2D eigenvalue weighted by Gasteiger charge is 2.25. The fraction of sp³-hybridized carbons (Fsp3) is 0.571. The summed E-state index contributed by atoms with van der Waals surface area (Å²) in [6.45, 7) is 4.21. The molecule has 1 heterocycles. The fourth-order valence-corrected chi connectivity index (χ4v) is 3.46. The Morgan fingerprint density at radius 2 is 2.11 bits per heavy atom. The Labute approximate surface area is 115 Å². The van der Waals surface area contributed by atoms with Crippen molar-refractivity contribution in [3.63, 3.8) is 0 Å². The highest BCUT2D eigenvalue weighted by Crippen LogP contribution is 2.20. The second kappa shape index (κ2) is 5.92. The van der Waals surface area contributed by atoms with Crippen LogP contribution in [0.25, 0.3) is 0 Å². The van der Waals surface area contributed by atoms with Crippen LogP contribution in [0.5, 0.6) is 0 Å². The van der Waals surface area contributed by atoms with Crippen LogP contribution in [0.2, 0.25) is 0 Å². The van der Waals surface area contributed by atoms with Gasteiger partial charge in [-0.05, 0) is 37.3 Å². The molecule has 0 saturated carbocycles. The van der Waals surface area contributed by atoms with Crippen LogP contribution >= 0.6 is 0 Å². The van der Waals surface area contributed by atoms with E-state index in [4.69, 9.17) is 0 Å². The van der Waals surface area contributed by atoms with Crippen molar-refractivity contribution in [2.24, 2.45) is 5.92 Å². The number of benzene rings is 1. The van der Waals surface area contributed by atoms with Gasteiger partial charge in [-0.3, -0.25) is 0 Å². The van der Waals surface area contributed by atoms with Crippen molar-refractivity contribution in [2.45, 2.75) is 19.8 Å². The summed E-state index contributed by atoms with van der Waals surface area (Å²) in [5.41, 5.74) is 2.36. The molecule has 1 aliphatic rings. The first-order chi connectivity index (χ1) is 8.97. The standard InChI is InChI=1S/C14H22N2O2S/c1-12-6-3-4-8-14(12)15-10-13-7-5-9-16(11-13)19(2,17)18/h3-4,6,8,13,15H,5,7,9-11H2,1-2H3. The Balaban J connectivity index is 1.92. The van der Waals surface area contributed by atoms with Crippen molar-refractivity contribution >= 4 is 15.7 Å². The molecule has 1 saturated heterocycles. The van der Waals surface area contributed by atoms with E-state index in [1.165, 1.54) is 11.8 Å². The zero-order chi connectivity index (χ0) is 13.9. The molecule has 0 radical (unpaired) electrons. The molecule has 5 heteroatoms. The highest BCUT2D eigenvalue weighted by molar-refractivity contribution is 7.88. The molecular formula is C14H22N2O2S. The molecule has 1 aliphatic heterocycles. The predicted molar refractivity (Wildman–Crippen MR) is 78.8 cm³/mol. The molecule has 4 nitrogen and oxygen atoms in total. The number of anilines is 1. The number of para-hydroxylation sites is 1. The molecule has 2 rings (SSSR count). The van der Waals surface area contributed by atoms with Crippen molar-refractivity contribution in [2.75, 3.05) is 31.2 Å². The topological polar surface area (TPSA) is 49.4 Å². The van der Waals surface area contributed by atoms with Crippen molar-refractivity contribution in [3.8, 4) is 0 Å². The molecule has 0 aromatic heterocycles. The van der Waals surface area contributed by atoms with Gasteiger partial charge in [0.15, 0.2) is 0 Å². The van der Waals surface area contributed by atoms with E-state index in [1.54, 1.807) is 4.31 Å². The van der Waals surface area contributed by atoms with Gasteiger partial charge in [0.1, 0.15) is 0 Å². The first kappa shape index (κ1) is 14.3. The quantitative estimate of drug-likeness (QED) is 0.920. The van der Waals surface area contributed by atoms with Crippen LogP contribution in [-0.4, -0.2) is 38.6 Å². The van der Waals surface area contributed by atoms with E-state index in [9.17, 15) is 8.42 Å². The summed E-state index contributed by atoms with van der Waals surface area (Å²) in [6, 6.07) is 8.17. The van der Waals surface area contributed by atoms with Gasteiger partial charge in [-0.2, -0.15) is 0 Å². The maximum Gasteiger partial charge on any atom is 0.211 e. The number of hydrogen-bond donors (Lipinski definition) is 1. The van der Waals surface area contributed by atoms with Gasteiger partial charge in [0.05, 0.1) is 6.26 Å². The smallest absolute Gasteiger partial charge is 0.211 e. The van der Waals surface area contributed by atoms with Gasteiger partial charge in [-0.1, -0.05) is 18.2 Å². The summed E-state index contributed by atoms with van der Waals surface area (Å²) in [7, 11) is -3.04. The van der Waals surface area contributed by atoms with E-state index in [-0.39, 0.29) is 0 Å². The van der Waals surface area contributed by atoms with Crippen LogP contribution in [0, 0.1) is 12.8 Å². The third kappa shape index (κ3) is 3.94. The van der Waals surface area contributed by atoms with E-state index in [1.807, 2.05) is 12.1 Å². The van der Waals surface area contributed by atoms with Crippen molar-refractivity contribution in [3.05, 3.63) is 29.8 Å². The normalized spacial score (nSPS) is 21.3. The van der Waals surface area contributed by atoms with Crippen LogP contribution in [0.15, 0.2) is 24.3 Å². The molecule has 1 atom stereocenters. The van der Waals surface area contributed by atoms with Crippen LogP contribution in [-0.2, 0) is 10.0 Å². The third-order valence-electron chi connectivity index (χ3n) is 3.68. The summed E-state index contributed by atoms with van der Waals surface area (Å²) < 4.78 is 24.7. The Hall–Kier alpha value is -1.07. The van der Waals surface area contributed by atoms with Crippen LogP contribution < -0.4 is 5.32 Å². The number of nitrogens with zero attached hydrogens (tertiary/aromatic N) is 1. The molecule has 19 heavy (non-hydrogen) atoms. The minimum atomic E-state index is -3.04. The molecule has 106 valence electrons. The number of aryl methyl sites for hydroxylation is 1. The van der Waals surface area contributed by atoms with E-state index >= 15 is 0 Å². The van der Waals surface area contributed by atoms with E-state index < -0.39 is 10.0 Å². The number of piperidine rings is 1. The second-order valence-corrected chi connectivity index (χ2v) is 7.31. The fourth-order valence-electron chi connectivity index (χ4n) is 2.52. The zero-order valence-corrected chi connectivity index (χ0v) is 12.4. The van der Waals surface area contributed by atoms with Crippen LogP contribution in [0.3, 0.4) is 0 Å². The Morgan fingerprint density at radius 3 is 2.79 bits per heavy atom. The average molecular weight is 282 g/mol. The Kier molecular flexibility index (Phi) is 4.47. The van der Waals surface area contributed by atoms with Gasteiger partial charge in [-0.15, -0.1) is 0 Å². The van der Waals surface area contributed by atoms with Crippen molar-refractivity contribution in [1.29, 1.82) is 0 Å². The van der Waals surface area contributed by atoms with E-state index in [0.29, 0.717) is 19.0 Å². The lowest BCUT2D eigenvalue weighted by Gasteiger charge is -2.31. The Morgan fingerprint density at radius 1 is 1.37 bits per heavy atom. The van der Waals surface area contributed by atoms with Gasteiger partial charge >= 0.3 is 0 Å². The summed E-state index contributed by atoms with van der Waals surface area (Å²) in [5.74, 6) is 0.392. The SMILES string of the molecule is Cc1ccccc1NCC1CCCN(S(C)(=O)=O)C1. The lowest BCUT2D eigenvalue weighted by Crippen LogP contribution is -2.41. The molecule has 0 spiro atoms. The summed E-state index contributed by atoms with van der Waals surface area (Å²) in [4.78, 5) is 0. The molecular weight excluding hydrogens is 260 g/mol. The molecule has 1 unspecified atom stereocenters. The molecule has 1 fully saturated rings. The van der Waals surface area contributed by atoms with Crippen molar-refractivity contribution in [1.82, 2.24) is 4.31 Å². The number of sulfonamides is 1. The van der Waals surface area contributed by atoms with Crippen molar-refractivity contribution < 1.29 is 8.42 Å². The molecule has 1 N–H and O–H groups in total. The summed E-state index contributed by atoms with van der Waals surface area (Å²) >= 11 is 0. The molecule has 0 bridgehead atoms. The van der Waals surface area contributed by atoms with Gasteiger partial charge in [0.2, 0.25) is 10.0 Å². The van der Waals surface area contributed by atoms with Gasteiger partial charge in [0, 0.05) is 25.3 Å². The van der Waals surface area contributed by atoms with Gasteiger partial charge in [0.25, 0.3) is 0 Å². The largest absolute Gasteiger partial charge is 0.385 e. The van der Waals surface area contributed by atoms with Gasteiger partial charge in [-0.25, -0.2) is 12.7 Å². The Bertz CT molecular complexity index is 528. The number of nitrogens with one attached hydrogen (secondary N) is 1. The lowest BCUT2D eigenvalue weighted by atomic mass is 9.99. The molecule has 0 aliphatic carbocycles. The maximum atomic E-state index is 11.6. The summed E-state index contributed by atoms with van der Waals surface area (Å²) in [6.07, 6.45) is 3.34. The molecule has 1 aromatic carbocycles. The maximum absolute atomic E-state index is 11.6. The van der Waals surface area contributed by atoms with Crippen LogP contribution in [0.4, 0.5) is 5.69 Å². The molecule has 1 aromatic rings. The minimum Gasteiger partial charge on any atom is -0.385 e. The average Bonchev–Trinajstić information content (AvgIpc) is 2.37. The minimum absolute atomic E-state index is 0.392.